The van der Waals surface area contributed by atoms with Gasteiger partial charge in [0, 0.05) is 26.0 Å². The first-order valence-corrected chi connectivity index (χ1v) is 11.8. The molecule has 0 amide bonds. The largest absolute Gasteiger partial charge is 0.395 e. The Kier molecular flexibility index (Phi) is 12.4. The van der Waals surface area contributed by atoms with Crippen molar-refractivity contribution in [3.63, 3.8) is 0 Å². The lowest BCUT2D eigenvalue weighted by Crippen LogP contribution is -2.31. The van der Waals surface area contributed by atoms with E-state index in [9.17, 15) is 4.79 Å². The minimum absolute atomic E-state index is 0.115. The average molecular weight is 445 g/mol. The van der Waals surface area contributed by atoms with Crippen molar-refractivity contribution < 1.29 is 9.84 Å². The van der Waals surface area contributed by atoms with Crippen LogP contribution in [0.25, 0.3) is 11.2 Å². The summed E-state index contributed by atoms with van der Waals surface area (Å²) in [5.74, 6) is 1.78. The molecule has 1 atom stereocenters. The van der Waals surface area contributed by atoms with Gasteiger partial charge >= 0.3 is 5.69 Å². The van der Waals surface area contributed by atoms with E-state index in [0.29, 0.717) is 15.8 Å². The molecule has 0 aliphatic rings. The van der Waals surface area contributed by atoms with Crippen molar-refractivity contribution in [3.05, 3.63) is 15.1 Å². The molecule has 7 nitrogen and oxygen atoms in total. The van der Waals surface area contributed by atoms with Crippen LogP contribution in [0, 0.1) is 10.6 Å². The molecule has 29 heavy (non-hydrogen) atoms. The van der Waals surface area contributed by atoms with Crippen LogP contribution in [-0.4, -0.2) is 49.8 Å². The molecule has 0 saturated heterocycles. The number of aliphatic hydroxyl groups is 1. The van der Waals surface area contributed by atoms with Crippen LogP contribution in [0.3, 0.4) is 0 Å². The molecule has 2 aromatic rings. The van der Waals surface area contributed by atoms with Crippen molar-refractivity contribution in [2.75, 3.05) is 25.6 Å². The quantitative estimate of drug-likeness (QED) is 0.308. The highest BCUT2D eigenvalue weighted by Gasteiger charge is 2.13. The minimum atomic E-state index is -0.259. The molecular formula is C20H36N4O3S2. The molecule has 0 aliphatic heterocycles. The Labute approximate surface area is 182 Å². The van der Waals surface area contributed by atoms with Crippen LogP contribution >= 0.6 is 24.0 Å². The molecule has 0 aromatic carbocycles. The molecule has 0 bridgehead atoms. The van der Waals surface area contributed by atoms with Crippen molar-refractivity contribution in [2.24, 2.45) is 13.0 Å². The highest BCUT2D eigenvalue weighted by Crippen LogP contribution is 2.19. The number of nitrogens with one attached hydrogen (secondary N) is 1. The van der Waals surface area contributed by atoms with Crippen LogP contribution in [0.15, 0.2) is 9.95 Å². The zero-order valence-electron chi connectivity index (χ0n) is 18.4. The zero-order valence-corrected chi connectivity index (χ0v) is 20.0. The highest BCUT2D eigenvalue weighted by molar-refractivity contribution is 7.99. The number of thioether (sulfide) groups is 1. The summed E-state index contributed by atoms with van der Waals surface area (Å²) in [5.41, 5.74) is 0.926. The summed E-state index contributed by atoms with van der Waals surface area (Å²) < 4.78 is 8.62. The second kappa shape index (κ2) is 14.0. The summed E-state index contributed by atoms with van der Waals surface area (Å²) in [6, 6.07) is 0. The molecule has 0 fully saturated rings. The summed E-state index contributed by atoms with van der Waals surface area (Å²) in [4.78, 5) is 19.7. The molecule has 0 spiro atoms. The van der Waals surface area contributed by atoms with E-state index in [1.54, 1.807) is 18.8 Å². The summed E-state index contributed by atoms with van der Waals surface area (Å²) in [6.07, 6.45) is 4.67. The number of nitrogens with zero attached hydrogens (tertiary/aromatic N) is 3. The Bertz CT molecular complexity index is 845. The lowest BCUT2D eigenvalue weighted by molar-refractivity contribution is 0.122. The van der Waals surface area contributed by atoms with Gasteiger partial charge in [0.2, 0.25) is 0 Å². The van der Waals surface area contributed by atoms with E-state index < -0.39 is 0 Å². The SMILES string of the molecule is CCCOCCC(C)CC.CCCSc1nc2c([nH]1)c(=S)n(C)c(=O)n2CCO. The van der Waals surface area contributed by atoms with Gasteiger partial charge in [0.15, 0.2) is 10.8 Å². The number of H-pyrrole nitrogens is 1. The van der Waals surface area contributed by atoms with Crippen LogP contribution < -0.4 is 5.69 Å². The second-order valence-corrected chi connectivity index (χ2v) is 8.50. The second-order valence-electron chi connectivity index (χ2n) is 7.03. The number of fused-ring (bicyclic) bond motifs is 1. The normalized spacial score (nSPS) is 12.1. The van der Waals surface area contributed by atoms with Gasteiger partial charge in [-0.1, -0.05) is 58.1 Å². The number of aromatic nitrogens is 4. The van der Waals surface area contributed by atoms with Gasteiger partial charge in [-0.3, -0.25) is 9.13 Å². The number of rotatable bonds is 11. The number of aromatic amines is 1. The molecule has 0 radical (unpaired) electrons. The number of aliphatic hydroxyl groups excluding tert-OH is 1. The van der Waals surface area contributed by atoms with Gasteiger partial charge in [0.05, 0.1) is 13.2 Å². The van der Waals surface area contributed by atoms with E-state index in [2.05, 4.69) is 37.7 Å². The third-order valence-corrected chi connectivity index (χ3v) is 6.08. The van der Waals surface area contributed by atoms with Crippen LogP contribution in [-0.2, 0) is 18.3 Å². The predicted molar refractivity (Wildman–Crippen MR) is 123 cm³/mol. The predicted octanol–water partition coefficient (Wildman–Crippen LogP) is 4.14. The molecule has 2 rings (SSSR count). The van der Waals surface area contributed by atoms with E-state index in [1.807, 2.05) is 0 Å². The van der Waals surface area contributed by atoms with Crippen LogP contribution in [0.1, 0.15) is 53.4 Å². The fourth-order valence-corrected chi connectivity index (χ4v) is 3.46. The molecule has 0 saturated carbocycles. The number of imidazole rings is 1. The zero-order chi connectivity index (χ0) is 21.8. The maximum Gasteiger partial charge on any atom is 0.330 e. The number of ether oxygens (including phenoxy) is 1. The molecule has 2 heterocycles. The van der Waals surface area contributed by atoms with Gasteiger partial charge < -0.3 is 14.8 Å². The first-order chi connectivity index (χ1) is 13.9. The van der Waals surface area contributed by atoms with Crippen molar-refractivity contribution in [1.82, 2.24) is 19.1 Å². The Morgan fingerprint density at radius 1 is 1.28 bits per heavy atom. The molecule has 2 aromatic heterocycles. The average Bonchev–Trinajstić information content (AvgIpc) is 3.15. The van der Waals surface area contributed by atoms with E-state index in [4.69, 9.17) is 22.1 Å². The van der Waals surface area contributed by atoms with Gasteiger partial charge in [0.25, 0.3) is 0 Å². The fourth-order valence-electron chi connectivity index (χ4n) is 2.52. The van der Waals surface area contributed by atoms with Crippen molar-refractivity contribution in [3.8, 4) is 0 Å². The van der Waals surface area contributed by atoms with Gasteiger partial charge in [-0.05, 0) is 25.2 Å². The smallest absolute Gasteiger partial charge is 0.330 e. The van der Waals surface area contributed by atoms with Crippen molar-refractivity contribution in [2.45, 2.75) is 65.1 Å². The fraction of sp³-hybridized carbons (Fsp3) is 0.750. The monoisotopic (exact) mass is 444 g/mol. The Morgan fingerprint density at radius 2 is 2.00 bits per heavy atom. The summed E-state index contributed by atoms with van der Waals surface area (Å²) in [5, 5.41) is 9.82. The lowest BCUT2D eigenvalue weighted by Gasteiger charge is -2.07. The standard InChI is InChI=1S/C11H16N4O2S2.C9H20O/c1-3-6-19-10-12-7-8(13-10)15(4-5-16)11(17)14(2)9(7)18;1-4-7-10-8-6-9(3)5-2/h16H,3-6H2,1-2H3,(H,12,13);9H,4-8H2,1-3H3. The minimum Gasteiger partial charge on any atom is -0.395 e. The number of hydrogen-bond acceptors (Lipinski definition) is 6. The van der Waals surface area contributed by atoms with Gasteiger partial charge in [-0.15, -0.1) is 0 Å². The number of hydrogen-bond donors (Lipinski definition) is 2. The van der Waals surface area contributed by atoms with E-state index in [0.717, 1.165) is 42.9 Å². The van der Waals surface area contributed by atoms with Gasteiger partial charge in [0.1, 0.15) is 10.2 Å². The third kappa shape index (κ3) is 7.88. The maximum atomic E-state index is 12.1. The Balaban J connectivity index is 0.000000359. The van der Waals surface area contributed by atoms with E-state index in [1.165, 1.54) is 22.0 Å². The van der Waals surface area contributed by atoms with Crippen molar-refractivity contribution in [1.29, 1.82) is 0 Å². The Hall–Kier alpha value is -1.16. The van der Waals surface area contributed by atoms with E-state index >= 15 is 0 Å². The lowest BCUT2D eigenvalue weighted by atomic mass is 10.1. The summed E-state index contributed by atoms with van der Waals surface area (Å²) in [7, 11) is 1.62. The van der Waals surface area contributed by atoms with Gasteiger partial charge in [-0.25, -0.2) is 9.78 Å². The molecule has 0 aliphatic carbocycles. The van der Waals surface area contributed by atoms with Crippen LogP contribution in [0.4, 0.5) is 0 Å². The summed E-state index contributed by atoms with van der Waals surface area (Å²) in [6.45, 7) is 10.7. The first kappa shape index (κ1) is 25.9. The molecule has 1 unspecified atom stereocenters. The van der Waals surface area contributed by atoms with Gasteiger partial charge in [-0.2, -0.15) is 0 Å². The molecule has 9 heteroatoms. The third-order valence-electron chi connectivity index (χ3n) is 4.52. The summed E-state index contributed by atoms with van der Waals surface area (Å²) >= 11 is 6.85. The van der Waals surface area contributed by atoms with Crippen molar-refractivity contribution >= 4 is 35.1 Å². The maximum absolute atomic E-state index is 12.1. The Morgan fingerprint density at radius 3 is 2.59 bits per heavy atom. The van der Waals surface area contributed by atoms with E-state index in [-0.39, 0.29) is 18.8 Å². The molecule has 2 N–H and O–H groups in total. The first-order valence-electron chi connectivity index (χ1n) is 10.4. The topological polar surface area (TPSA) is 85.1 Å². The highest BCUT2D eigenvalue weighted by atomic mass is 32.2. The van der Waals surface area contributed by atoms with Crippen LogP contribution in [0.2, 0.25) is 0 Å². The molecular weight excluding hydrogens is 408 g/mol. The molecule has 166 valence electrons. The van der Waals surface area contributed by atoms with Crippen LogP contribution in [0.5, 0.6) is 0 Å².